The number of carbonyl (C=O) groups is 1. The molecule has 0 saturated heterocycles. The van der Waals surface area contributed by atoms with E-state index in [1.54, 1.807) is 32.0 Å². The Bertz CT molecular complexity index is 393. The maximum Gasteiger partial charge on any atom is 0.316 e. The van der Waals surface area contributed by atoms with Gasteiger partial charge in [-0.15, -0.1) is 11.8 Å². The summed E-state index contributed by atoms with van der Waals surface area (Å²) in [6.45, 7) is 3.83. The molecule has 0 aromatic heterocycles. The second kappa shape index (κ2) is 6.89. The van der Waals surface area contributed by atoms with Gasteiger partial charge in [-0.05, 0) is 31.5 Å². The molecule has 0 amide bonds. The zero-order valence-corrected chi connectivity index (χ0v) is 11.3. The van der Waals surface area contributed by atoms with E-state index in [1.165, 1.54) is 11.8 Å². The molecule has 0 spiro atoms. The van der Waals surface area contributed by atoms with Gasteiger partial charge in [0.2, 0.25) is 0 Å². The van der Waals surface area contributed by atoms with Crippen molar-refractivity contribution < 1.29 is 14.6 Å². The quantitative estimate of drug-likeness (QED) is 0.662. The van der Waals surface area contributed by atoms with Gasteiger partial charge in [0.1, 0.15) is 0 Å². The van der Waals surface area contributed by atoms with Crippen LogP contribution in [0.1, 0.15) is 25.5 Å². The monoisotopic (exact) mass is 274 g/mol. The summed E-state index contributed by atoms with van der Waals surface area (Å²) in [5, 5.41) is 9.93. The van der Waals surface area contributed by atoms with Gasteiger partial charge in [0.25, 0.3) is 0 Å². The largest absolute Gasteiger partial charge is 0.465 e. The molecule has 0 heterocycles. The third-order valence-corrected chi connectivity index (χ3v) is 3.56. The summed E-state index contributed by atoms with van der Waals surface area (Å²) in [6.07, 6.45) is -0.545. The Hall–Kier alpha value is -0.710. The van der Waals surface area contributed by atoms with Gasteiger partial charge in [-0.1, -0.05) is 17.7 Å². The van der Waals surface area contributed by atoms with E-state index in [4.69, 9.17) is 16.3 Å². The van der Waals surface area contributed by atoms with Gasteiger partial charge in [0, 0.05) is 4.90 Å². The van der Waals surface area contributed by atoms with Crippen molar-refractivity contribution in [2.75, 3.05) is 12.4 Å². The summed E-state index contributed by atoms with van der Waals surface area (Å²) in [5.41, 5.74) is 0.760. The number of aliphatic hydroxyl groups excluding tert-OH is 1. The van der Waals surface area contributed by atoms with E-state index >= 15 is 0 Å². The van der Waals surface area contributed by atoms with Crippen molar-refractivity contribution in [1.82, 2.24) is 0 Å². The van der Waals surface area contributed by atoms with Gasteiger partial charge >= 0.3 is 5.97 Å². The molecule has 1 aromatic rings. The standard InChI is InChI=1S/C12H15ClO3S/c1-3-16-12(15)7-17-11-5-4-9(8(2)14)6-10(11)13/h4-6,8,14H,3,7H2,1-2H3/t8-/m0/s1. The summed E-state index contributed by atoms with van der Waals surface area (Å²) >= 11 is 7.38. The number of esters is 1. The molecule has 0 aliphatic heterocycles. The van der Waals surface area contributed by atoms with Gasteiger partial charge in [0.05, 0.1) is 23.5 Å². The first-order valence-corrected chi connectivity index (χ1v) is 6.67. The second-order valence-electron chi connectivity index (χ2n) is 3.46. The van der Waals surface area contributed by atoms with E-state index in [0.29, 0.717) is 11.6 Å². The minimum Gasteiger partial charge on any atom is -0.465 e. The number of hydrogen-bond acceptors (Lipinski definition) is 4. The van der Waals surface area contributed by atoms with E-state index < -0.39 is 6.10 Å². The number of rotatable bonds is 5. The minimum atomic E-state index is -0.545. The van der Waals surface area contributed by atoms with Gasteiger partial charge in [-0.2, -0.15) is 0 Å². The molecule has 94 valence electrons. The summed E-state index contributed by atoms with van der Waals surface area (Å²) in [4.78, 5) is 12.0. The molecule has 17 heavy (non-hydrogen) atoms. The Morgan fingerprint density at radius 3 is 2.82 bits per heavy atom. The van der Waals surface area contributed by atoms with E-state index in [-0.39, 0.29) is 11.7 Å². The fourth-order valence-corrected chi connectivity index (χ4v) is 2.30. The van der Waals surface area contributed by atoms with Crippen LogP contribution in [0.4, 0.5) is 0 Å². The van der Waals surface area contributed by atoms with Gasteiger partial charge in [0.15, 0.2) is 0 Å². The van der Waals surface area contributed by atoms with Crippen LogP contribution in [0.2, 0.25) is 5.02 Å². The van der Waals surface area contributed by atoms with Crippen molar-refractivity contribution in [3.63, 3.8) is 0 Å². The molecule has 0 fully saturated rings. The van der Waals surface area contributed by atoms with Crippen molar-refractivity contribution >= 4 is 29.3 Å². The fourth-order valence-electron chi connectivity index (χ4n) is 1.23. The zero-order chi connectivity index (χ0) is 12.8. The topological polar surface area (TPSA) is 46.5 Å². The van der Waals surface area contributed by atoms with E-state index in [0.717, 1.165) is 10.5 Å². The van der Waals surface area contributed by atoms with Crippen LogP contribution in [-0.2, 0) is 9.53 Å². The lowest BCUT2D eigenvalue weighted by atomic mass is 10.1. The van der Waals surface area contributed by atoms with Gasteiger partial charge in [-0.25, -0.2) is 0 Å². The molecular formula is C12H15ClO3S. The van der Waals surface area contributed by atoms with E-state index in [1.807, 2.05) is 0 Å². The summed E-state index contributed by atoms with van der Waals surface area (Å²) in [5.74, 6) is -0.0186. The van der Waals surface area contributed by atoms with Crippen LogP contribution in [0.15, 0.2) is 23.1 Å². The fraction of sp³-hybridized carbons (Fsp3) is 0.417. The molecule has 0 aliphatic rings. The molecule has 3 nitrogen and oxygen atoms in total. The van der Waals surface area contributed by atoms with Crippen LogP contribution >= 0.6 is 23.4 Å². The molecular weight excluding hydrogens is 260 g/mol. The molecule has 1 aromatic carbocycles. The third kappa shape index (κ3) is 4.58. The highest BCUT2D eigenvalue weighted by molar-refractivity contribution is 8.00. The Kier molecular flexibility index (Phi) is 5.82. The first-order chi connectivity index (χ1) is 8.04. The normalized spacial score (nSPS) is 12.2. The molecule has 0 aliphatic carbocycles. The van der Waals surface area contributed by atoms with Crippen molar-refractivity contribution in [3.8, 4) is 0 Å². The van der Waals surface area contributed by atoms with Crippen LogP contribution in [0.5, 0.6) is 0 Å². The van der Waals surface area contributed by atoms with Crippen molar-refractivity contribution in [2.45, 2.75) is 24.8 Å². The number of aliphatic hydroxyl groups is 1. The SMILES string of the molecule is CCOC(=O)CSc1ccc([C@H](C)O)cc1Cl. The van der Waals surface area contributed by atoms with Crippen LogP contribution in [0.3, 0.4) is 0 Å². The Morgan fingerprint density at radius 1 is 1.59 bits per heavy atom. The number of ether oxygens (including phenoxy) is 1. The number of hydrogen-bond donors (Lipinski definition) is 1. The predicted molar refractivity (Wildman–Crippen MR) is 69.4 cm³/mol. The number of halogens is 1. The highest BCUT2D eigenvalue weighted by Gasteiger charge is 2.08. The number of benzene rings is 1. The first kappa shape index (κ1) is 14.4. The van der Waals surface area contributed by atoms with E-state index in [2.05, 4.69) is 0 Å². The molecule has 1 rings (SSSR count). The minimum absolute atomic E-state index is 0.238. The molecule has 5 heteroatoms. The molecule has 1 N–H and O–H groups in total. The number of thioether (sulfide) groups is 1. The van der Waals surface area contributed by atoms with E-state index in [9.17, 15) is 9.90 Å². The lowest BCUT2D eigenvalue weighted by molar-refractivity contribution is -0.139. The van der Waals surface area contributed by atoms with Crippen LogP contribution < -0.4 is 0 Å². The van der Waals surface area contributed by atoms with Crippen molar-refractivity contribution in [2.24, 2.45) is 0 Å². The van der Waals surface area contributed by atoms with Crippen molar-refractivity contribution in [1.29, 1.82) is 0 Å². The summed E-state index contributed by atoms with van der Waals surface area (Å²) in [6, 6.07) is 5.30. The molecule has 0 radical (unpaired) electrons. The predicted octanol–water partition coefficient (Wildman–Crippen LogP) is 3.05. The van der Waals surface area contributed by atoms with Crippen LogP contribution in [-0.4, -0.2) is 23.4 Å². The maximum absolute atomic E-state index is 11.2. The summed E-state index contributed by atoms with van der Waals surface area (Å²) < 4.78 is 4.82. The molecule has 0 saturated carbocycles. The lowest BCUT2D eigenvalue weighted by Gasteiger charge is -2.08. The zero-order valence-electron chi connectivity index (χ0n) is 9.77. The average Bonchev–Trinajstić information content (AvgIpc) is 2.27. The highest BCUT2D eigenvalue weighted by Crippen LogP contribution is 2.29. The number of carbonyl (C=O) groups excluding carboxylic acids is 1. The molecule has 0 bridgehead atoms. The van der Waals surface area contributed by atoms with Gasteiger partial charge < -0.3 is 9.84 Å². The highest BCUT2D eigenvalue weighted by atomic mass is 35.5. The Balaban J connectivity index is 2.63. The van der Waals surface area contributed by atoms with Crippen LogP contribution in [0, 0.1) is 0 Å². The first-order valence-electron chi connectivity index (χ1n) is 5.30. The molecule has 0 unspecified atom stereocenters. The van der Waals surface area contributed by atoms with Crippen molar-refractivity contribution in [3.05, 3.63) is 28.8 Å². The lowest BCUT2D eigenvalue weighted by Crippen LogP contribution is -2.06. The average molecular weight is 275 g/mol. The second-order valence-corrected chi connectivity index (χ2v) is 4.88. The summed E-state index contributed by atoms with van der Waals surface area (Å²) in [7, 11) is 0. The maximum atomic E-state index is 11.2. The third-order valence-electron chi connectivity index (χ3n) is 2.09. The van der Waals surface area contributed by atoms with Gasteiger partial charge in [-0.3, -0.25) is 4.79 Å². The smallest absolute Gasteiger partial charge is 0.316 e. The Morgan fingerprint density at radius 2 is 2.29 bits per heavy atom. The molecule has 1 atom stereocenters. The Labute approximate surface area is 110 Å². The van der Waals surface area contributed by atoms with Crippen LogP contribution in [0.25, 0.3) is 0 Å².